The Labute approximate surface area is 229 Å². The smallest absolute Gasteiger partial charge is 0.262 e. The van der Waals surface area contributed by atoms with Gasteiger partial charge in [0.2, 0.25) is 0 Å². The van der Waals surface area contributed by atoms with E-state index in [4.69, 9.17) is 4.74 Å². The van der Waals surface area contributed by atoms with Crippen LogP contribution in [0.3, 0.4) is 0 Å². The Morgan fingerprint density at radius 3 is 2.24 bits per heavy atom. The Balaban J connectivity index is 1.47. The fourth-order valence-corrected chi connectivity index (χ4v) is 7.41. The van der Waals surface area contributed by atoms with Crippen LogP contribution in [-0.2, 0) is 17.8 Å². The first-order valence-corrected chi connectivity index (χ1v) is 14.4. The van der Waals surface area contributed by atoms with Crippen molar-refractivity contribution in [3.8, 4) is 5.75 Å². The Bertz CT molecular complexity index is 1220. The molecule has 4 unspecified atom stereocenters. The summed E-state index contributed by atoms with van der Waals surface area (Å²) < 4.78 is 29.5. The van der Waals surface area contributed by atoms with Gasteiger partial charge in [-0.15, -0.1) is 0 Å². The number of ether oxygens (including phenoxy) is 1. The molecule has 0 aromatic heterocycles. The van der Waals surface area contributed by atoms with Gasteiger partial charge in [-0.05, 0) is 63.1 Å². The fraction of sp³-hybridized carbons (Fsp3) is 0.419. The molecule has 0 radical (unpaired) electrons. The number of nitrogens with zero attached hydrogens (tertiary/aromatic N) is 2. The topological polar surface area (TPSA) is 65.0 Å². The van der Waals surface area contributed by atoms with Crippen molar-refractivity contribution in [3.63, 3.8) is 0 Å². The van der Waals surface area contributed by atoms with Crippen LogP contribution in [0.15, 0.2) is 78.9 Å². The van der Waals surface area contributed by atoms with Crippen LogP contribution >= 0.6 is 0 Å². The molecule has 0 spiro atoms. The highest BCUT2D eigenvalue weighted by Crippen LogP contribution is 2.53. The summed E-state index contributed by atoms with van der Waals surface area (Å²) in [5.74, 6) is 1.07. The maximum Gasteiger partial charge on any atom is 0.262 e. The minimum absolute atomic E-state index is 0.0671. The molecule has 2 aliphatic heterocycles. The third-order valence-electron chi connectivity index (χ3n) is 8.19. The maximum atomic E-state index is 12.2. The summed E-state index contributed by atoms with van der Waals surface area (Å²) in [6, 6.07) is 27.9. The van der Waals surface area contributed by atoms with Crippen molar-refractivity contribution in [1.82, 2.24) is 10.2 Å². The average Bonchev–Trinajstić information content (AvgIpc) is 3.47. The van der Waals surface area contributed by atoms with Gasteiger partial charge in [0.15, 0.2) is 0 Å². The van der Waals surface area contributed by atoms with E-state index in [0.717, 1.165) is 37.4 Å². The second-order valence-electron chi connectivity index (χ2n) is 11.6. The van der Waals surface area contributed by atoms with E-state index >= 15 is 0 Å². The number of fused-ring (bicyclic) bond motifs is 2. The highest BCUT2D eigenvalue weighted by atomic mass is 32.2. The van der Waals surface area contributed by atoms with Crippen molar-refractivity contribution < 1.29 is 13.5 Å². The number of hydrogen-bond acceptors (Lipinski definition) is 4. The molecule has 2 aliphatic rings. The average molecular weight is 534 g/mol. The molecule has 38 heavy (non-hydrogen) atoms. The summed E-state index contributed by atoms with van der Waals surface area (Å²) in [7, 11) is 1.68. The molecule has 4 atom stereocenters. The van der Waals surface area contributed by atoms with Gasteiger partial charge in [0, 0.05) is 48.1 Å². The van der Waals surface area contributed by atoms with E-state index < -0.39 is 16.8 Å². The molecule has 2 bridgehead atoms. The van der Waals surface area contributed by atoms with E-state index in [2.05, 4.69) is 70.9 Å². The van der Waals surface area contributed by atoms with Crippen LogP contribution in [0, 0.1) is 5.41 Å². The normalized spacial score (nSPS) is 23.5. The molecular formula is C31H39N3O3S. The predicted octanol–water partition coefficient (Wildman–Crippen LogP) is 5.43. The van der Waals surface area contributed by atoms with Gasteiger partial charge in [-0.25, -0.2) is 4.21 Å². The number of anilines is 1. The van der Waals surface area contributed by atoms with Crippen molar-refractivity contribution in [2.75, 3.05) is 31.0 Å². The van der Waals surface area contributed by atoms with Gasteiger partial charge >= 0.3 is 0 Å². The number of hydrogen-bond donors (Lipinski definition) is 2. The summed E-state index contributed by atoms with van der Waals surface area (Å²) >= 11 is -2.14. The van der Waals surface area contributed by atoms with Gasteiger partial charge in [-0.1, -0.05) is 60.7 Å². The first kappa shape index (κ1) is 26.9. The molecule has 3 aromatic rings. The quantitative estimate of drug-likeness (QED) is 0.359. The standard InChI is InChI=1S/C31H39N3O3S/c1-30(2,3)34(38(35)36)26-15-16-27(37-4)25(19-26)20-32-28-21-33-18-17-31(28,22-33)29(23-11-7-5-8-12-23)24-13-9-6-10-14-24/h5-16,19,28-29,32H,17-18,20-22H2,1-4H3,(H,35,36). The zero-order valence-electron chi connectivity index (χ0n) is 22.8. The van der Waals surface area contributed by atoms with Crippen LogP contribution in [0.25, 0.3) is 0 Å². The lowest BCUT2D eigenvalue weighted by Gasteiger charge is -2.42. The molecule has 2 N–H and O–H groups in total. The Kier molecular flexibility index (Phi) is 7.65. The van der Waals surface area contributed by atoms with Crippen LogP contribution in [0.2, 0.25) is 0 Å². The Morgan fingerprint density at radius 2 is 1.71 bits per heavy atom. The zero-order chi connectivity index (χ0) is 26.9. The monoisotopic (exact) mass is 533 g/mol. The summed E-state index contributed by atoms with van der Waals surface area (Å²) in [5.41, 5.74) is 3.96. The van der Waals surface area contributed by atoms with Crippen LogP contribution in [0.1, 0.15) is 49.8 Å². The molecule has 0 amide bonds. The molecule has 2 fully saturated rings. The molecule has 5 rings (SSSR count). The van der Waals surface area contributed by atoms with Crippen LogP contribution in [-0.4, -0.2) is 52.0 Å². The van der Waals surface area contributed by atoms with Crippen molar-refractivity contribution >= 4 is 17.0 Å². The molecule has 3 aromatic carbocycles. The van der Waals surface area contributed by atoms with Crippen molar-refractivity contribution in [3.05, 3.63) is 95.6 Å². The summed E-state index contributed by atoms with van der Waals surface area (Å²) in [6.07, 6.45) is 1.14. The van der Waals surface area contributed by atoms with Crippen LogP contribution < -0.4 is 14.4 Å². The van der Waals surface area contributed by atoms with E-state index in [9.17, 15) is 8.76 Å². The predicted molar refractivity (Wildman–Crippen MR) is 155 cm³/mol. The van der Waals surface area contributed by atoms with Gasteiger partial charge in [0.1, 0.15) is 5.75 Å². The number of piperidine rings is 1. The highest BCUT2D eigenvalue weighted by Gasteiger charge is 2.55. The van der Waals surface area contributed by atoms with E-state index in [-0.39, 0.29) is 11.3 Å². The fourth-order valence-electron chi connectivity index (χ4n) is 6.65. The minimum Gasteiger partial charge on any atom is -0.496 e. The third-order valence-corrected chi connectivity index (χ3v) is 9.26. The lowest BCUT2D eigenvalue weighted by atomic mass is 9.64. The van der Waals surface area contributed by atoms with Gasteiger partial charge in [0.25, 0.3) is 11.3 Å². The molecule has 0 aliphatic carbocycles. The summed E-state index contributed by atoms with van der Waals surface area (Å²) in [5, 5.41) is 3.92. The molecular weight excluding hydrogens is 494 g/mol. The van der Waals surface area contributed by atoms with Crippen molar-refractivity contribution in [2.45, 2.75) is 51.2 Å². The minimum atomic E-state index is -2.14. The van der Waals surface area contributed by atoms with E-state index in [1.165, 1.54) is 15.4 Å². The zero-order valence-corrected chi connectivity index (χ0v) is 23.6. The molecule has 0 saturated carbocycles. The molecule has 7 heteroatoms. The van der Waals surface area contributed by atoms with Gasteiger partial charge in [0.05, 0.1) is 12.8 Å². The second kappa shape index (κ2) is 10.8. The Morgan fingerprint density at radius 1 is 1.08 bits per heavy atom. The lowest BCUT2D eigenvalue weighted by Crippen LogP contribution is -2.49. The molecule has 202 valence electrons. The number of benzene rings is 3. The molecule has 2 heterocycles. The number of methoxy groups -OCH3 is 1. The summed E-state index contributed by atoms with van der Waals surface area (Å²) in [4.78, 5) is 2.58. The van der Waals surface area contributed by atoms with Crippen LogP contribution in [0.5, 0.6) is 5.75 Å². The van der Waals surface area contributed by atoms with E-state index in [0.29, 0.717) is 18.3 Å². The maximum absolute atomic E-state index is 12.2. The van der Waals surface area contributed by atoms with Gasteiger partial charge in [-0.3, -0.25) is 8.86 Å². The lowest BCUT2D eigenvalue weighted by molar-refractivity contribution is 0.204. The van der Waals surface area contributed by atoms with E-state index in [1.54, 1.807) is 7.11 Å². The highest BCUT2D eigenvalue weighted by molar-refractivity contribution is 7.80. The summed E-state index contributed by atoms with van der Waals surface area (Å²) in [6.45, 7) is 9.61. The number of nitrogens with one attached hydrogen (secondary N) is 1. The second-order valence-corrected chi connectivity index (χ2v) is 12.4. The van der Waals surface area contributed by atoms with Gasteiger partial charge < -0.3 is 15.0 Å². The third kappa shape index (κ3) is 5.13. The van der Waals surface area contributed by atoms with E-state index in [1.807, 2.05) is 39.0 Å². The molecule has 6 nitrogen and oxygen atoms in total. The Hall–Kier alpha value is -2.71. The largest absolute Gasteiger partial charge is 0.496 e. The molecule has 2 saturated heterocycles. The van der Waals surface area contributed by atoms with Crippen molar-refractivity contribution in [1.29, 1.82) is 0 Å². The van der Waals surface area contributed by atoms with Crippen molar-refractivity contribution in [2.24, 2.45) is 5.41 Å². The number of rotatable bonds is 9. The first-order chi connectivity index (χ1) is 18.2. The van der Waals surface area contributed by atoms with Crippen LogP contribution in [0.4, 0.5) is 5.69 Å². The van der Waals surface area contributed by atoms with Gasteiger partial charge in [-0.2, -0.15) is 0 Å². The first-order valence-electron chi connectivity index (χ1n) is 13.4. The SMILES string of the molecule is COc1ccc(N(S(=O)O)C(C)(C)C)cc1CNC1CN2CCC1(C(c1ccccc1)c1ccccc1)C2.